The summed E-state index contributed by atoms with van der Waals surface area (Å²) in [6.07, 6.45) is 4.87. The van der Waals surface area contributed by atoms with E-state index in [1.54, 1.807) is 7.11 Å². The van der Waals surface area contributed by atoms with Gasteiger partial charge in [0.25, 0.3) is 0 Å². The minimum absolute atomic E-state index is 0.0418. The summed E-state index contributed by atoms with van der Waals surface area (Å²) in [5.41, 5.74) is 7.35. The molecule has 0 spiro atoms. The van der Waals surface area contributed by atoms with Gasteiger partial charge in [-0.2, -0.15) is 0 Å². The molecule has 1 atom stereocenters. The quantitative estimate of drug-likeness (QED) is 0.874. The number of hydrogen-bond acceptors (Lipinski definition) is 3. The summed E-state index contributed by atoms with van der Waals surface area (Å²) in [5.74, 6) is 0.886. The zero-order valence-electron chi connectivity index (χ0n) is 12.3. The Morgan fingerprint density at radius 1 is 1.21 bits per heavy atom. The Morgan fingerprint density at radius 3 is 2.53 bits per heavy atom. The first-order valence-corrected chi connectivity index (χ1v) is 7.16. The van der Waals surface area contributed by atoms with E-state index in [9.17, 15) is 0 Å². The molecule has 106 valence electrons. The Balaban J connectivity index is 2.32. The van der Waals surface area contributed by atoms with Gasteiger partial charge < -0.3 is 15.8 Å². The van der Waals surface area contributed by atoms with Gasteiger partial charge in [0.1, 0.15) is 5.75 Å². The maximum absolute atomic E-state index is 6.15. The van der Waals surface area contributed by atoms with E-state index in [-0.39, 0.29) is 11.0 Å². The SMILES string of the molecule is COc1ccccc1NC1(CN)CCCCC1(C)C. The zero-order valence-corrected chi connectivity index (χ0v) is 12.3. The Morgan fingerprint density at radius 2 is 1.89 bits per heavy atom. The fraction of sp³-hybridized carbons (Fsp3) is 0.625. The van der Waals surface area contributed by atoms with E-state index in [0.29, 0.717) is 6.54 Å². The van der Waals surface area contributed by atoms with Gasteiger partial charge in [-0.15, -0.1) is 0 Å². The molecule has 1 unspecified atom stereocenters. The average molecular weight is 262 g/mol. The van der Waals surface area contributed by atoms with Gasteiger partial charge in [-0.25, -0.2) is 0 Å². The third kappa shape index (κ3) is 2.57. The van der Waals surface area contributed by atoms with Gasteiger partial charge in [0.05, 0.1) is 18.3 Å². The van der Waals surface area contributed by atoms with Gasteiger partial charge in [0.15, 0.2) is 0 Å². The van der Waals surface area contributed by atoms with E-state index in [4.69, 9.17) is 10.5 Å². The summed E-state index contributed by atoms with van der Waals surface area (Å²) in [4.78, 5) is 0. The van der Waals surface area contributed by atoms with Crippen LogP contribution in [-0.2, 0) is 0 Å². The number of para-hydroxylation sites is 2. The number of ether oxygens (including phenoxy) is 1. The molecule has 0 aromatic heterocycles. The molecule has 1 aliphatic rings. The second-order valence-corrected chi connectivity index (χ2v) is 6.20. The molecule has 0 aliphatic heterocycles. The normalized spacial score (nSPS) is 25.9. The van der Waals surface area contributed by atoms with Gasteiger partial charge in [-0.3, -0.25) is 0 Å². The number of methoxy groups -OCH3 is 1. The lowest BCUT2D eigenvalue weighted by atomic mass is 9.63. The molecule has 1 fully saturated rings. The summed E-state index contributed by atoms with van der Waals surface area (Å²) in [6.45, 7) is 5.29. The first-order chi connectivity index (χ1) is 9.04. The molecule has 0 radical (unpaired) electrons. The van der Waals surface area contributed by atoms with E-state index in [2.05, 4.69) is 25.2 Å². The van der Waals surface area contributed by atoms with E-state index in [1.807, 2.05) is 18.2 Å². The van der Waals surface area contributed by atoms with Crippen molar-refractivity contribution in [1.29, 1.82) is 0 Å². The van der Waals surface area contributed by atoms with Crippen LogP contribution in [0.3, 0.4) is 0 Å². The lowest BCUT2D eigenvalue weighted by Crippen LogP contribution is -2.58. The van der Waals surface area contributed by atoms with Crippen molar-refractivity contribution in [3.63, 3.8) is 0 Å². The van der Waals surface area contributed by atoms with Crippen molar-refractivity contribution in [2.24, 2.45) is 11.1 Å². The molecule has 3 heteroatoms. The number of benzene rings is 1. The van der Waals surface area contributed by atoms with Crippen LogP contribution in [0.15, 0.2) is 24.3 Å². The van der Waals surface area contributed by atoms with Crippen molar-refractivity contribution in [3.05, 3.63) is 24.3 Å². The Hall–Kier alpha value is -1.22. The Kier molecular flexibility index (Phi) is 4.04. The van der Waals surface area contributed by atoms with Crippen LogP contribution in [0, 0.1) is 5.41 Å². The van der Waals surface area contributed by atoms with Crippen molar-refractivity contribution in [2.75, 3.05) is 19.0 Å². The molecule has 1 saturated carbocycles. The van der Waals surface area contributed by atoms with Crippen LogP contribution in [0.5, 0.6) is 5.75 Å². The summed E-state index contributed by atoms with van der Waals surface area (Å²) in [5, 5.41) is 3.70. The lowest BCUT2D eigenvalue weighted by molar-refractivity contribution is 0.125. The maximum atomic E-state index is 6.15. The Labute approximate surface area is 116 Å². The third-order valence-corrected chi connectivity index (χ3v) is 4.78. The second kappa shape index (κ2) is 5.41. The highest BCUT2D eigenvalue weighted by Gasteiger charge is 2.45. The van der Waals surface area contributed by atoms with Gasteiger partial charge in [0, 0.05) is 6.54 Å². The van der Waals surface area contributed by atoms with Gasteiger partial charge in [-0.1, -0.05) is 38.8 Å². The third-order valence-electron chi connectivity index (χ3n) is 4.78. The Bertz CT molecular complexity index is 431. The van der Waals surface area contributed by atoms with Crippen LogP contribution in [-0.4, -0.2) is 19.2 Å². The summed E-state index contributed by atoms with van der Waals surface area (Å²) in [7, 11) is 1.71. The van der Waals surface area contributed by atoms with Crippen molar-refractivity contribution in [3.8, 4) is 5.75 Å². The molecule has 3 nitrogen and oxygen atoms in total. The molecular weight excluding hydrogens is 236 g/mol. The highest BCUT2D eigenvalue weighted by Crippen LogP contribution is 2.46. The van der Waals surface area contributed by atoms with E-state index in [1.165, 1.54) is 19.3 Å². The minimum atomic E-state index is -0.0418. The highest BCUT2D eigenvalue weighted by atomic mass is 16.5. The molecular formula is C16H26N2O. The number of rotatable bonds is 4. The van der Waals surface area contributed by atoms with Gasteiger partial charge in [0.2, 0.25) is 0 Å². The fourth-order valence-electron chi connectivity index (χ4n) is 3.24. The van der Waals surface area contributed by atoms with Crippen molar-refractivity contribution >= 4 is 5.69 Å². The molecule has 3 N–H and O–H groups in total. The smallest absolute Gasteiger partial charge is 0.141 e. The molecule has 2 rings (SSSR count). The molecule has 1 aromatic rings. The number of nitrogens with one attached hydrogen (secondary N) is 1. The zero-order chi connectivity index (χ0) is 13.9. The van der Waals surface area contributed by atoms with Crippen molar-refractivity contribution in [1.82, 2.24) is 0 Å². The minimum Gasteiger partial charge on any atom is -0.495 e. The van der Waals surface area contributed by atoms with Crippen LogP contribution in [0.1, 0.15) is 39.5 Å². The second-order valence-electron chi connectivity index (χ2n) is 6.20. The van der Waals surface area contributed by atoms with E-state index >= 15 is 0 Å². The van der Waals surface area contributed by atoms with Gasteiger partial charge in [-0.05, 0) is 30.4 Å². The molecule has 0 bridgehead atoms. The molecule has 0 heterocycles. The first kappa shape index (κ1) is 14.2. The predicted molar refractivity (Wildman–Crippen MR) is 80.7 cm³/mol. The molecule has 0 amide bonds. The summed E-state index contributed by atoms with van der Waals surface area (Å²) in [6, 6.07) is 8.08. The summed E-state index contributed by atoms with van der Waals surface area (Å²) >= 11 is 0. The number of nitrogens with two attached hydrogens (primary N) is 1. The maximum Gasteiger partial charge on any atom is 0.141 e. The highest BCUT2D eigenvalue weighted by molar-refractivity contribution is 5.58. The lowest BCUT2D eigenvalue weighted by Gasteiger charge is -2.51. The fourth-order valence-corrected chi connectivity index (χ4v) is 3.24. The largest absolute Gasteiger partial charge is 0.495 e. The standard InChI is InChI=1S/C16H26N2O/c1-15(2)10-6-7-11-16(15,12-17)18-13-8-4-5-9-14(13)19-3/h4-5,8-9,18H,6-7,10-12,17H2,1-3H3. The van der Waals surface area contributed by atoms with Crippen LogP contribution in [0.2, 0.25) is 0 Å². The topological polar surface area (TPSA) is 47.3 Å². The molecule has 0 saturated heterocycles. The number of hydrogen-bond donors (Lipinski definition) is 2. The van der Waals surface area contributed by atoms with E-state index in [0.717, 1.165) is 17.9 Å². The first-order valence-electron chi connectivity index (χ1n) is 7.16. The molecule has 19 heavy (non-hydrogen) atoms. The van der Waals surface area contributed by atoms with Crippen LogP contribution in [0.4, 0.5) is 5.69 Å². The predicted octanol–water partition coefficient (Wildman–Crippen LogP) is 3.40. The average Bonchev–Trinajstić information content (AvgIpc) is 2.41. The van der Waals surface area contributed by atoms with Crippen molar-refractivity contribution < 1.29 is 4.74 Å². The van der Waals surface area contributed by atoms with Gasteiger partial charge >= 0.3 is 0 Å². The molecule has 1 aliphatic carbocycles. The van der Waals surface area contributed by atoms with Crippen LogP contribution >= 0.6 is 0 Å². The number of anilines is 1. The molecule has 1 aromatic carbocycles. The van der Waals surface area contributed by atoms with Crippen LogP contribution < -0.4 is 15.8 Å². The van der Waals surface area contributed by atoms with E-state index < -0.39 is 0 Å². The van der Waals surface area contributed by atoms with Crippen molar-refractivity contribution in [2.45, 2.75) is 45.1 Å². The monoisotopic (exact) mass is 262 g/mol. The van der Waals surface area contributed by atoms with Crippen LogP contribution in [0.25, 0.3) is 0 Å². The summed E-state index contributed by atoms with van der Waals surface area (Å²) < 4.78 is 5.44.